The Bertz CT molecular complexity index is 1040. The molecule has 0 bridgehead atoms. The Labute approximate surface area is 178 Å². The number of aliphatic hydroxyl groups is 1. The highest BCUT2D eigenvalue weighted by molar-refractivity contribution is 6.30. The van der Waals surface area contributed by atoms with Gasteiger partial charge >= 0.3 is 6.09 Å². The SMILES string of the molecule is O=C(NCCc1ccc(CO)cc1[N+](=O)[O-])Oc1ccc(-c2ccc(Cl)cc2)cc1. The van der Waals surface area contributed by atoms with Gasteiger partial charge in [0.15, 0.2) is 0 Å². The zero-order valence-electron chi connectivity index (χ0n) is 15.9. The van der Waals surface area contributed by atoms with Crippen LogP contribution in [0.1, 0.15) is 11.1 Å². The van der Waals surface area contributed by atoms with E-state index in [1.165, 1.54) is 6.07 Å². The number of hydrogen-bond donors (Lipinski definition) is 2. The van der Waals surface area contributed by atoms with Crippen molar-refractivity contribution in [3.05, 3.63) is 93.0 Å². The van der Waals surface area contributed by atoms with Crippen LogP contribution in [0.4, 0.5) is 10.5 Å². The Morgan fingerprint density at radius 3 is 2.27 bits per heavy atom. The van der Waals surface area contributed by atoms with Crippen LogP contribution in [0, 0.1) is 10.1 Å². The van der Waals surface area contributed by atoms with Crippen molar-refractivity contribution < 1.29 is 19.6 Å². The first kappa shape index (κ1) is 21.3. The van der Waals surface area contributed by atoms with Crippen LogP contribution in [0.3, 0.4) is 0 Å². The van der Waals surface area contributed by atoms with Crippen molar-refractivity contribution in [3.63, 3.8) is 0 Å². The molecule has 0 aromatic heterocycles. The van der Waals surface area contributed by atoms with E-state index < -0.39 is 11.0 Å². The van der Waals surface area contributed by atoms with Gasteiger partial charge in [-0.3, -0.25) is 10.1 Å². The van der Waals surface area contributed by atoms with E-state index in [-0.39, 0.29) is 25.3 Å². The standard InChI is InChI=1S/C22H19ClN2O5/c23-19-7-3-16(4-8-19)17-5-9-20(10-6-17)30-22(27)24-12-11-18-2-1-15(14-26)13-21(18)25(28)29/h1-10,13,26H,11-12,14H2,(H,24,27). The lowest BCUT2D eigenvalue weighted by molar-refractivity contribution is -0.385. The number of benzene rings is 3. The summed E-state index contributed by atoms with van der Waals surface area (Å²) >= 11 is 5.89. The molecule has 0 aliphatic heterocycles. The molecule has 1 amide bonds. The van der Waals surface area contributed by atoms with E-state index in [0.717, 1.165) is 11.1 Å². The highest BCUT2D eigenvalue weighted by Crippen LogP contribution is 2.24. The smallest absolute Gasteiger partial charge is 0.410 e. The lowest BCUT2D eigenvalue weighted by atomic mass is 10.1. The molecule has 0 saturated heterocycles. The van der Waals surface area contributed by atoms with Gasteiger partial charge in [0.1, 0.15) is 5.75 Å². The third kappa shape index (κ3) is 5.56. The molecule has 0 aliphatic carbocycles. The van der Waals surface area contributed by atoms with E-state index >= 15 is 0 Å². The monoisotopic (exact) mass is 426 g/mol. The molecule has 0 atom stereocenters. The number of aliphatic hydroxyl groups excluding tert-OH is 1. The molecule has 154 valence electrons. The predicted molar refractivity (Wildman–Crippen MR) is 114 cm³/mol. The maximum absolute atomic E-state index is 12.0. The molecule has 0 saturated carbocycles. The summed E-state index contributed by atoms with van der Waals surface area (Å²) in [5.41, 5.74) is 2.78. The molecule has 0 spiro atoms. The summed E-state index contributed by atoms with van der Waals surface area (Å²) in [6.45, 7) is -0.108. The van der Waals surface area contributed by atoms with E-state index in [1.54, 1.807) is 36.4 Å². The van der Waals surface area contributed by atoms with Crippen LogP contribution < -0.4 is 10.1 Å². The van der Waals surface area contributed by atoms with Crippen LogP contribution in [-0.2, 0) is 13.0 Å². The average Bonchev–Trinajstić information content (AvgIpc) is 2.75. The summed E-state index contributed by atoms with van der Waals surface area (Å²) in [5, 5.41) is 23.5. The van der Waals surface area contributed by atoms with Crippen molar-refractivity contribution in [3.8, 4) is 16.9 Å². The fourth-order valence-electron chi connectivity index (χ4n) is 2.89. The van der Waals surface area contributed by atoms with E-state index in [4.69, 9.17) is 21.4 Å². The van der Waals surface area contributed by atoms with Crippen LogP contribution >= 0.6 is 11.6 Å². The molecule has 0 heterocycles. The summed E-state index contributed by atoms with van der Waals surface area (Å²) in [5.74, 6) is 0.378. The van der Waals surface area contributed by atoms with Gasteiger partial charge in [0.2, 0.25) is 0 Å². The summed E-state index contributed by atoms with van der Waals surface area (Å²) in [6.07, 6.45) is -0.393. The quantitative estimate of drug-likeness (QED) is 0.419. The van der Waals surface area contributed by atoms with E-state index in [1.807, 2.05) is 24.3 Å². The van der Waals surface area contributed by atoms with Crippen molar-refractivity contribution in [2.45, 2.75) is 13.0 Å². The second-order valence-corrected chi connectivity index (χ2v) is 6.91. The van der Waals surface area contributed by atoms with Crippen molar-refractivity contribution in [1.82, 2.24) is 5.32 Å². The molecule has 3 aromatic carbocycles. The minimum absolute atomic E-state index is 0.0884. The molecule has 0 radical (unpaired) electrons. The average molecular weight is 427 g/mol. The Morgan fingerprint density at radius 1 is 1.03 bits per heavy atom. The van der Waals surface area contributed by atoms with Crippen molar-refractivity contribution >= 4 is 23.4 Å². The van der Waals surface area contributed by atoms with E-state index in [9.17, 15) is 14.9 Å². The number of rotatable bonds is 7. The molecule has 7 nitrogen and oxygen atoms in total. The number of ether oxygens (including phenoxy) is 1. The zero-order chi connectivity index (χ0) is 21.5. The first-order valence-electron chi connectivity index (χ1n) is 9.15. The van der Waals surface area contributed by atoms with Crippen molar-refractivity contribution in [2.24, 2.45) is 0 Å². The van der Waals surface area contributed by atoms with Crippen LogP contribution in [0.5, 0.6) is 5.75 Å². The number of halogens is 1. The van der Waals surface area contributed by atoms with Crippen LogP contribution in [0.15, 0.2) is 66.7 Å². The van der Waals surface area contributed by atoms with Crippen LogP contribution in [-0.4, -0.2) is 22.7 Å². The Balaban J connectivity index is 1.54. The second kappa shape index (κ2) is 9.87. The summed E-state index contributed by atoms with van der Waals surface area (Å²) in [4.78, 5) is 22.7. The van der Waals surface area contributed by atoms with Crippen LogP contribution in [0.2, 0.25) is 5.02 Å². The fourth-order valence-corrected chi connectivity index (χ4v) is 3.02. The number of nitro benzene ring substituents is 1. The van der Waals surface area contributed by atoms with Gasteiger partial charge in [0.25, 0.3) is 5.69 Å². The number of nitro groups is 1. The minimum Gasteiger partial charge on any atom is -0.410 e. The second-order valence-electron chi connectivity index (χ2n) is 6.48. The number of hydrogen-bond acceptors (Lipinski definition) is 5. The molecule has 30 heavy (non-hydrogen) atoms. The predicted octanol–water partition coefficient (Wildman–Crippen LogP) is 4.74. The van der Waals surface area contributed by atoms with E-state index in [0.29, 0.717) is 21.9 Å². The topological polar surface area (TPSA) is 102 Å². The largest absolute Gasteiger partial charge is 0.412 e. The van der Waals surface area contributed by atoms with Gasteiger partial charge in [0.05, 0.1) is 11.5 Å². The number of carbonyl (C=O) groups excluding carboxylic acids is 1. The first-order valence-corrected chi connectivity index (χ1v) is 9.53. The van der Waals surface area contributed by atoms with Gasteiger partial charge in [-0.15, -0.1) is 0 Å². The lowest BCUT2D eigenvalue weighted by Crippen LogP contribution is -2.28. The summed E-state index contributed by atoms with van der Waals surface area (Å²) in [7, 11) is 0. The third-order valence-corrected chi connectivity index (χ3v) is 4.69. The molecule has 3 rings (SSSR count). The highest BCUT2D eigenvalue weighted by atomic mass is 35.5. The first-order chi connectivity index (χ1) is 14.5. The third-order valence-electron chi connectivity index (χ3n) is 4.44. The van der Waals surface area contributed by atoms with Crippen LogP contribution in [0.25, 0.3) is 11.1 Å². The fraction of sp³-hybridized carbons (Fsp3) is 0.136. The summed E-state index contributed by atoms with van der Waals surface area (Å²) < 4.78 is 5.24. The Hall–Kier alpha value is -3.42. The van der Waals surface area contributed by atoms with Gasteiger partial charge in [-0.2, -0.15) is 0 Å². The Morgan fingerprint density at radius 2 is 1.67 bits per heavy atom. The molecule has 0 unspecified atom stereocenters. The number of nitrogens with one attached hydrogen (secondary N) is 1. The van der Waals surface area contributed by atoms with Crippen molar-refractivity contribution in [2.75, 3.05) is 6.54 Å². The molecular formula is C22H19ClN2O5. The molecule has 3 aromatic rings. The molecule has 2 N–H and O–H groups in total. The lowest BCUT2D eigenvalue weighted by Gasteiger charge is -2.08. The normalized spacial score (nSPS) is 10.5. The molecule has 8 heteroatoms. The van der Waals surface area contributed by atoms with Gasteiger partial charge in [0, 0.05) is 23.2 Å². The molecular weight excluding hydrogens is 408 g/mol. The molecule has 0 fully saturated rings. The van der Waals surface area contributed by atoms with Gasteiger partial charge < -0.3 is 15.2 Å². The Kier molecular flexibility index (Phi) is 7.00. The molecule has 0 aliphatic rings. The van der Waals surface area contributed by atoms with Gasteiger partial charge in [-0.1, -0.05) is 48.0 Å². The maximum Gasteiger partial charge on any atom is 0.412 e. The zero-order valence-corrected chi connectivity index (χ0v) is 16.6. The maximum atomic E-state index is 12.0. The summed E-state index contributed by atoms with van der Waals surface area (Å²) in [6, 6.07) is 19.0. The van der Waals surface area contributed by atoms with Crippen molar-refractivity contribution in [1.29, 1.82) is 0 Å². The number of amides is 1. The number of nitrogens with zero attached hydrogens (tertiary/aromatic N) is 1. The number of carbonyl (C=O) groups is 1. The van der Waals surface area contributed by atoms with Gasteiger partial charge in [-0.05, 0) is 47.4 Å². The minimum atomic E-state index is -0.649. The van der Waals surface area contributed by atoms with Gasteiger partial charge in [-0.25, -0.2) is 4.79 Å². The highest BCUT2D eigenvalue weighted by Gasteiger charge is 2.15. The van der Waals surface area contributed by atoms with E-state index in [2.05, 4.69) is 5.32 Å².